The summed E-state index contributed by atoms with van der Waals surface area (Å²) in [6.45, 7) is 10.2. The summed E-state index contributed by atoms with van der Waals surface area (Å²) >= 11 is 1.59. The highest BCUT2D eigenvalue weighted by atomic mass is 32.2. The summed E-state index contributed by atoms with van der Waals surface area (Å²) < 4.78 is 0. The van der Waals surface area contributed by atoms with Crippen molar-refractivity contribution >= 4 is 23.6 Å². The SMILES string of the molecule is Cc1ccccc1CSCC(=O)N(Cc1ccccc1C)[C@H](C)C(=O)NC(C)C. The van der Waals surface area contributed by atoms with E-state index in [0.29, 0.717) is 12.3 Å². The van der Waals surface area contributed by atoms with E-state index in [1.54, 1.807) is 23.6 Å². The molecule has 156 valence electrons. The number of nitrogens with zero attached hydrogens (tertiary/aromatic N) is 1. The number of aryl methyl sites for hydroxylation is 2. The summed E-state index contributed by atoms with van der Waals surface area (Å²) in [5, 5.41) is 2.93. The largest absolute Gasteiger partial charge is 0.352 e. The molecule has 0 radical (unpaired) electrons. The molecular weight excluding hydrogens is 380 g/mol. The molecule has 29 heavy (non-hydrogen) atoms. The summed E-state index contributed by atoms with van der Waals surface area (Å²) in [5.74, 6) is 0.993. The Morgan fingerprint density at radius 1 is 0.931 bits per heavy atom. The third-order valence-electron chi connectivity index (χ3n) is 4.94. The van der Waals surface area contributed by atoms with Gasteiger partial charge in [-0.05, 0) is 56.9 Å². The van der Waals surface area contributed by atoms with Crippen LogP contribution in [0.3, 0.4) is 0 Å². The van der Waals surface area contributed by atoms with Crippen molar-refractivity contribution in [3.63, 3.8) is 0 Å². The van der Waals surface area contributed by atoms with Crippen LogP contribution in [0.4, 0.5) is 0 Å². The van der Waals surface area contributed by atoms with Crippen molar-refractivity contribution in [1.82, 2.24) is 10.2 Å². The van der Waals surface area contributed by atoms with Crippen LogP contribution in [0.15, 0.2) is 48.5 Å². The number of carbonyl (C=O) groups is 2. The van der Waals surface area contributed by atoms with Crippen molar-refractivity contribution in [1.29, 1.82) is 0 Å². The molecule has 2 aromatic rings. The highest BCUT2D eigenvalue weighted by molar-refractivity contribution is 7.99. The standard InChI is InChI=1S/C24H32N2O2S/c1-17(2)25-24(28)20(5)26(14-21-12-8-6-10-18(21)3)23(27)16-29-15-22-13-9-7-11-19(22)4/h6-13,17,20H,14-16H2,1-5H3,(H,25,28)/t20-/m1/s1. The molecule has 1 N–H and O–H groups in total. The predicted molar refractivity (Wildman–Crippen MR) is 122 cm³/mol. The van der Waals surface area contributed by atoms with E-state index in [0.717, 1.165) is 16.9 Å². The molecule has 0 bridgehead atoms. The van der Waals surface area contributed by atoms with Crippen LogP contribution in [0.25, 0.3) is 0 Å². The smallest absolute Gasteiger partial charge is 0.242 e. The lowest BCUT2D eigenvalue weighted by Gasteiger charge is -2.30. The fraction of sp³-hybridized carbons (Fsp3) is 0.417. The number of nitrogens with one attached hydrogen (secondary N) is 1. The second kappa shape index (κ2) is 11.1. The molecule has 0 saturated carbocycles. The van der Waals surface area contributed by atoms with Gasteiger partial charge in [0.25, 0.3) is 0 Å². The Hall–Kier alpha value is -2.27. The fourth-order valence-electron chi connectivity index (χ4n) is 3.06. The van der Waals surface area contributed by atoms with Gasteiger partial charge in [0.2, 0.25) is 11.8 Å². The molecule has 0 saturated heterocycles. The van der Waals surface area contributed by atoms with E-state index in [2.05, 4.69) is 24.4 Å². The summed E-state index contributed by atoms with van der Waals surface area (Å²) in [6, 6.07) is 15.7. The zero-order valence-corrected chi connectivity index (χ0v) is 18.9. The Bertz CT molecular complexity index is 835. The van der Waals surface area contributed by atoms with Crippen LogP contribution >= 0.6 is 11.8 Å². The van der Waals surface area contributed by atoms with E-state index in [9.17, 15) is 9.59 Å². The molecule has 0 aliphatic heterocycles. The summed E-state index contributed by atoms with van der Waals surface area (Å²) in [6.07, 6.45) is 0. The molecule has 0 aliphatic rings. The first-order valence-corrected chi connectivity index (χ1v) is 11.2. The van der Waals surface area contributed by atoms with E-state index in [1.165, 1.54) is 11.1 Å². The molecule has 2 aromatic carbocycles. The maximum absolute atomic E-state index is 13.1. The average Bonchev–Trinajstić information content (AvgIpc) is 2.67. The molecular formula is C24H32N2O2S. The van der Waals surface area contributed by atoms with Gasteiger partial charge in [0.05, 0.1) is 5.75 Å². The topological polar surface area (TPSA) is 49.4 Å². The minimum atomic E-state index is -0.524. The highest BCUT2D eigenvalue weighted by Crippen LogP contribution is 2.19. The van der Waals surface area contributed by atoms with E-state index in [-0.39, 0.29) is 17.9 Å². The quantitative estimate of drug-likeness (QED) is 0.661. The van der Waals surface area contributed by atoms with E-state index < -0.39 is 6.04 Å². The number of hydrogen-bond donors (Lipinski definition) is 1. The van der Waals surface area contributed by atoms with Crippen LogP contribution in [-0.4, -0.2) is 34.6 Å². The number of benzene rings is 2. The lowest BCUT2D eigenvalue weighted by molar-refractivity contribution is -0.138. The molecule has 1 atom stereocenters. The van der Waals surface area contributed by atoms with Crippen LogP contribution < -0.4 is 5.32 Å². The fourth-order valence-corrected chi connectivity index (χ4v) is 4.05. The van der Waals surface area contributed by atoms with Crippen molar-refractivity contribution in [3.8, 4) is 0 Å². The van der Waals surface area contributed by atoms with Gasteiger partial charge in [0.15, 0.2) is 0 Å². The molecule has 2 amide bonds. The van der Waals surface area contributed by atoms with Crippen LogP contribution in [0.5, 0.6) is 0 Å². The van der Waals surface area contributed by atoms with Gasteiger partial charge in [-0.2, -0.15) is 0 Å². The van der Waals surface area contributed by atoms with E-state index >= 15 is 0 Å². The van der Waals surface area contributed by atoms with Gasteiger partial charge in [0, 0.05) is 18.3 Å². The zero-order valence-electron chi connectivity index (χ0n) is 18.1. The molecule has 2 rings (SSSR count). The van der Waals surface area contributed by atoms with Crippen molar-refractivity contribution in [2.45, 2.75) is 59.0 Å². The molecule has 0 spiro atoms. The zero-order chi connectivity index (χ0) is 21.4. The Kier molecular flexibility index (Phi) is 8.77. The molecule has 4 nitrogen and oxygen atoms in total. The van der Waals surface area contributed by atoms with Gasteiger partial charge in [-0.3, -0.25) is 9.59 Å². The van der Waals surface area contributed by atoms with Gasteiger partial charge >= 0.3 is 0 Å². The van der Waals surface area contributed by atoms with Gasteiger partial charge in [0.1, 0.15) is 6.04 Å². The maximum atomic E-state index is 13.1. The van der Waals surface area contributed by atoms with Crippen molar-refractivity contribution in [2.24, 2.45) is 0 Å². The summed E-state index contributed by atoms with van der Waals surface area (Å²) in [5.41, 5.74) is 4.65. The molecule has 0 aromatic heterocycles. The molecule has 0 fully saturated rings. The van der Waals surface area contributed by atoms with Crippen LogP contribution in [0.2, 0.25) is 0 Å². The first-order valence-electron chi connectivity index (χ1n) is 10.1. The Morgan fingerprint density at radius 2 is 1.48 bits per heavy atom. The number of hydrogen-bond acceptors (Lipinski definition) is 3. The number of amides is 2. The molecule has 0 heterocycles. The lowest BCUT2D eigenvalue weighted by atomic mass is 10.1. The van der Waals surface area contributed by atoms with Gasteiger partial charge < -0.3 is 10.2 Å². The second-order valence-corrected chi connectivity index (χ2v) is 8.69. The number of thioether (sulfide) groups is 1. The highest BCUT2D eigenvalue weighted by Gasteiger charge is 2.26. The van der Waals surface area contributed by atoms with Crippen LogP contribution in [-0.2, 0) is 21.9 Å². The minimum absolute atomic E-state index is 0.0155. The summed E-state index contributed by atoms with van der Waals surface area (Å²) in [7, 11) is 0. The Balaban J connectivity index is 2.10. The Morgan fingerprint density at radius 3 is 2.03 bits per heavy atom. The third kappa shape index (κ3) is 6.93. The summed E-state index contributed by atoms with van der Waals surface area (Å²) in [4.78, 5) is 27.4. The third-order valence-corrected chi connectivity index (χ3v) is 5.91. The van der Waals surface area contributed by atoms with Crippen LogP contribution in [0.1, 0.15) is 43.0 Å². The minimum Gasteiger partial charge on any atom is -0.352 e. The normalized spacial score (nSPS) is 11.9. The van der Waals surface area contributed by atoms with Gasteiger partial charge in [-0.1, -0.05) is 48.5 Å². The Labute approximate surface area is 179 Å². The first-order chi connectivity index (χ1) is 13.8. The van der Waals surface area contributed by atoms with Crippen molar-refractivity contribution in [2.75, 3.05) is 5.75 Å². The monoisotopic (exact) mass is 412 g/mol. The lowest BCUT2D eigenvalue weighted by Crippen LogP contribution is -2.49. The van der Waals surface area contributed by atoms with Gasteiger partial charge in [-0.25, -0.2) is 0 Å². The van der Waals surface area contributed by atoms with E-state index in [1.807, 2.05) is 57.2 Å². The molecule has 0 aliphatic carbocycles. The molecule has 0 unspecified atom stereocenters. The predicted octanol–water partition coefficient (Wildman–Crippen LogP) is 4.48. The average molecular weight is 413 g/mol. The maximum Gasteiger partial charge on any atom is 0.242 e. The van der Waals surface area contributed by atoms with Crippen LogP contribution in [0, 0.1) is 13.8 Å². The first kappa shape index (κ1) is 23.0. The number of rotatable bonds is 9. The van der Waals surface area contributed by atoms with Gasteiger partial charge in [-0.15, -0.1) is 11.8 Å². The second-order valence-electron chi connectivity index (χ2n) is 7.71. The molecule has 5 heteroatoms. The van der Waals surface area contributed by atoms with Crippen molar-refractivity contribution < 1.29 is 9.59 Å². The van der Waals surface area contributed by atoms with E-state index in [4.69, 9.17) is 0 Å². The van der Waals surface area contributed by atoms with Crippen molar-refractivity contribution in [3.05, 3.63) is 70.8 Å². The number of carbonyl (C=O) groups excluding carboxylic acids is 2.